The summed E-state index contributed by atoms with van der Waals surface area (Å²) in [5.74, 6) is -0.170. The Balaban J connectivity index is 1.68. The average molecular weight is 498 g/mol. The number of esters is 1. The zero-order valence-electron chi connectivity index (χ0n) is 17.4. The molecule has 2 aromatic carbocycles. The summed E-state index contributed by atoms with van der Waals surface area (Å²) in [6, 6.07) is 14.1. The molecular weight excluding hydrogens is 474 g/mol. The maximum absolute atomic E-state index is 12.6. The van der Waals surface area contributed by atoms with Crippen LogP contribution in [0.4, 0.5) is 5.00 Å². The number of carbonyl (C=O) groups excluding carboxylic acids is 1. The van der Waals surface area contributed by atoms with Gasteiger partial charge in [0.25, 0.3) is 0 Å². The Morgan fingerprint density at radius 3 is 2.74 bits per heavy atom. The van der Waals surface area contributed by atoms with Gasteiger partial charge in [0, 0.05) is 16.7 Å². The summed E-state index contributed by atoms with van der Waals surface area (Å²) in [5.41, 5.74) is 4.55. The van der Waals surface area contributed by atoms with Crippen LogP contribution in [0.5, 0.6) is 5.75 Å². The predicted molar refractivity (Wildman–Crippen MR) is 129 cm³/mol. The Kier molecular flexibility index (Phi) is 6.88. The van der Waals surface area contributed by atoms with Crippen molar-refractivity contribution in [3.8, 4) is 5.75 Å². The highest BCUT2D eigenvalue weighted by Gasteiger charge is 2.26. The molecule has 0 amide bonds. The minimum atomic E-state index is -0.308. The van der Waals surface area contributed by atoms with E-state index >= 15 is 0 Å². The molecule has 0 atom stereocenters. The van der Waals surface area contributed by atoms with Gasteiger partial charge in [0.15, 0.2) is 0 Å². The maximum atomic E-state index is 12.6. The van der Waals surface area contributed by atoms with E-state index in [-0.39, 0.29) is 11.7 Å². The van der Waals surface area contributed by atoms with E-state index in [2.05, 4.69) is 33.1 Å². The quantitative estimate of drug-likeness (QED) is 0.307. The normalized spacial score (nSPS) is 13.4. The molecule has 0 spiro atoms. The second-order valence-corrected chi connectivity index (χ2v) is 9.49. The number of aromatic hydroxyl groups is 1. The Morgan fingerprint density at radius 2 is 1.97 bits per heavy atom. The zero-order chi connectivity index (χ0) is 21.8. The summed E-state index contributed by atoms with van der Waals surface area (Å²) in [4.78, 5) is 18.5. The van der Waals surface area contributed by atoms with Crippen molar-refractivity contribution in [2.24, 2.45) is 4.99 Å². The summed E-state index contributed by atoms with van der Waals surface area (Å²) in [7, 11) is 0. The lowest BCUT2D eigenvalue weighted by Gasteiger charge is -2.11. The number of phenols is 1. The second kappa shape index (κ2) is 9.79. The van der Waals surface area contributed by atoms with Crippen LogP contribution < -0.4 is 0 Å². The summed E-state index contributed by atoms with van der Waals surface area (Å²) >= 11 is 5.02. The number of aliphatic imine (C=N–C) groups is 1. The van der Waals surface area contributed by atoms with Gasteiger partial charge in [0.2, 0.25) is 0 Å². The molecule has 0 bridgehead atoms. The van der Waals surface area contributed by atoms with E-state index < -0.39 is 0 Å². The molecule has 0 saturated carbocycles. The van der Waals surface area contributed by atoms with Crippen molar-refractivity contribution in [2.45, 2.75) is 39.0 Å². The minimum absolute atomic E-state index is 0.138. The molecule has 0 radical (unpaired) electrons. The third-order valence-electron chi connectivity index (χ3n) is 5.36. The molecule has 4 nitrogen and oxygen atoms in total. The van der Waals surface area contributed by atoms with Crippen LogP contribution in [0.3, 0.4) is 0 Å². The first-order valence-electron chi connectivity index (χ1n) is 10.5. The molecule has 1 heterocycles. The Morgan fingerprint density at radius 1 is 1.19 bits per heavy atom. The maximum Gasteiger partial charge on any atom is 0.341 e. The first kappa shape index (κ1) is 21.8. The van der Waals surface area contributed by atoms with E-state index in [1.807, 2.05) is 37.3 Å². The summed E-state index contributed by atoms with van der Waals surface area (Å²) in [6.07, 6.45) is 6.48. The number of aryl methyl sites for hydroxylation is 1. The van der Waals surface area contributed by atoms with Crippen molar-refractivity contribution in [3.05, 3.63) is 79.6 Å². The Bertz CT molecular complexity index is 1120. The number of phenolic OH excluding ortho intramolecular Hbond substituents is 1. The Hall–Kier alpha value is -2.44. The van der Waals surface area contributed by atoms with Crippen molar-refractivity contribution in [1.82, 2.24) is 0 Å². The van der Waals surface area contributed by atoms with Crippen molar-refractivity contribution in [3.63, 3.8) is 0 Å². The van der Waals surface area contributed by atoms with Crippen LogP contribution in [0.1, 0.15) is 57.3 Å². The predicted octanol–water partition coefficient (Wildman–Crippen LogP) is 6.61. The number of fused-ring (bicyclic) bond motifs is 1. The lowest BCUT2D eigenvalue weighted by molar-refractivity contribution is 0.0526. The summed E-state index contributed by atoms with van der Waals surface area (Å²) in [6.45, 7) is 2.15. The third-order valence-corrected chi connectivity index (χ3v) is 7.16. The van der Waals surface area contributed by atoms with Gasteiger partial charge in [-0.1, -0.05) is 30.3 Å². The highest BCUT2D eigenvalue weighted by Crippen LogP contribution is 2.40. The van der Waals surface area contributed by atoms with E-state index in [0.717, 1.165) is 43.2 Å². The largest absolute Gasteiger partial charge is 0.506 e. The molecule has 0 unspecified atom stereocenters. The van der Waals surface area contributed by atoms with Gasteiger partial charge >= 0.3 is 5.97 Å². The molecule has 0 saturated heterocycles. The van der Waals surface area contributed by atoms with Gasteiger partial charge < -0.3 is 9.84 Å². The second-order valence-electron chi connectivity index (χ2n) is 7.55. The van der Waals surface area contributed by atoms with Crippen molar-refractivity contribution < 1.29 is 14.6 Å². The van der Waals surface area contributed by atoms with Gasteiger partial charge in [-0.05, 0) is 83.8 Å². The standard InChI is InChI=1S/C25H24BrNO3S/c1-2-30-25(29)22-19-10-6-7-11-21(19)31-24(22)27-15-18-13-17(14-20(26)23(18)28)12-16-8-4-3-5-9-16/h3-5,8-9,13-15,28H,2,6-7,10-12H2,1H3/b27-15+. The van der Waals surface area contributed by atoms with Crippen LogP contribution in [-0.4, -0.2) is 23.9 Å². The third kappa shape index (κ3) is 4.91. The number of benzene rings is 2. The highest BCUT2D eigenvalue weighted by atomic mass is 79.9. The van der Waals surface area contributed by atoms with Crippen molar-refractivity contribution >= 4 is 44.5 Å². The number of rotatable bonds is 6. The SMILES string of the molecule is CCOC(=O)c1c(/N=C/c2cc(Cc3ccccc3)cc(Br)c2O)sc2c1CCCC2. The molecule has 1 N–H and O–H groups in total. The number of hydrogen-bond acceptors (Lipinski definition) is 5. The number of nitrogens with zero attached hydrogens (tertiary/aromatic N) is 1. The molecule has 3 aromatic rings. The van der Waals surface area contributed by atoms with Gasteiger partial charge in [-0.3, -0.25) is 0 Å². The van der Waals surface area contributed by atoms with Crippen LogP contribution >= 0.6 is 27.3 Å². The topological polar surface area (TPSA) is 58.9 Å². The minimum Gasteiger partial charge on any atom is -0.506 e. The summed E-state index contributed by atoms with van der Waals surface area (Å²) < 4.78 is 5.93. The monoisotopic (exact) mass is 497 g/mol. The zero-order valence-corrected chi connectivity index (χ0v) is 19.8. The fourth-order valence-corrected chi connectivity index (χ4v) is 5.64. The molecule has 1 aliphatic rings. The van der Waals surface area contributed by atoms with Gasteiger partial charge in [-0.25, -0.2) is 9.79 Å². The number of halogens is 1. The van der Waals surface area contributed by atoms with Gasteiger partial charge in [0.1, 0.15) is 10.8 Å². The fraction of sp³-hybridized carbons (Fsp3) is 0.280. The molecule has 160 valence electrons. The Labute approximate surface area is 194 Å². The van der Waals surface area contributed by atoms with Crippen LogP contribution in [0, 0.1) is 0 Å². The summed E-state index contributed by atoms with van der Waals surface area (Å²) in [5, 5.41) is 11.2. The molecule has 0 fully saturated rings. The van der Waals surface area contributed by atoms with E-state index in [0.29, 0.717) is 27.2 Å². The number of carbonyl (C=O) groups is 1. The van der Waals surface area contributed by atoms with Gasteiger partial charge in [-0.15, -0.1) is 11.3 Å². The molecule has 0 aliphatic heterocycles. The van der Waals surface area contributed by atoms with Crippen LogP contribution in [0.25, 0.3) is 0 Å². The van der Waals surface area contributed by atoms with Crippen LogP contribution in [0.15, 0.2) is 51.9 Å². The first-order chi connectivity index (χ1) is 15.1. The highest BCUT2D eigenvalue weighted by molar-refractivity contribution is 9.10. The number of ether oxygens (including phenoxy) is 1. The van der Waals surface area contributed by atoms with E-state index in [1.54, 1.807) is 17.6 Å². The lowest BCUT2D eigenvalue weighted by Crippen LogP contribution is -2.09. The molecule has 31 heavy (non-hydrogen) atoms. The van der Waals surface area contributed by atoms with Crippen molar-refractivity contribution in [2.75, 3.05) is 6.61 Å². The van der Waals surface area contributed by atoms with Crippen LogP contribution in [-0.2, 0) is 24.0 Å². The van der Waals surface area contributed by atoms with Gasteiger partial charge in [0.05, 0.1) is 16.6 Å². The van der Waals surface area contributed by atoms with E-state index in [9.17, 15) is 9.90 Å². The van der Waals surface area contributed by atoms with E-state index in [4.69, 9.17) is 4.74 Å². The molecule has 4 rings (SSSR count). The van der Waals surface area contributed by atoms with Crippen LogP contribution in [0.2, 0.25) is 0 Å². The van der Waals surface area contributed by atoms with E-state index in [1.165, 1.54) is 10.4 Å². The number of thiophene rings is 1. The molecule has 1 aliphatic carbocycles. The lowest BCUT2D eigenvalue weighted by atomic mass is 9.95. The molecule has 1 aromatic heterocycles. The molecule has 6 heteroatoms. The average Bonchev–Trinajstić information content (AvgIpc) is 3.14. The fourth-order valence-electron chi connectivity index (χ4n) is 3.90. The van der Waals surface area contributed by atoms with Gasteiger partial charge in [-0.2, -0.15) is 0 Å². The first-order valence-corrected chi connectivity index (χ1v) is 12.1. The molecular formula is C25H24BrNO3S. The van der Waals surface area contributed by atoms with Crippen molar-refractivity contribution in [1.29, 1.82) is 0 Å². The number of hydrogen-bond donors (Lipinski definition) is 1. The smallest absolute Gasteiger partial charge is 0.341 e.